The van der Waals surface area contributed by atoms with Crippen molar-refractivity contribution in [1.82, 2.24) is 5.43 Å². The molecule has 0 atom stereocenters. The van der Waals surface area contributed by atoms with E-state index in [9.17, 15) is 8.78 Å². The van der Waals surface area contributed by atoms with Gasteiger partial charge < -0.3 is 4.74 Å². The van der Waals surface area contributed by atoms with Gasteiger partial charge in [-0.1, -0.05) is 0 Å². The van der Waals surface area contributed by atoms with Crippen molar-refractivity contribution in [3.8, 4) is 0 Å². The number of rotatable bonds is 1. The highest BCUT2D eigenvalue weighted by Crippen LogP contribution is 2.05. The summed E-state index contributed by atoms with van der Waals surface area (Å²) in [6.45, 7) is -1.18. The van der Waals surface area contributed by atoms with E-state index in [0.717, 1.165) is 0 Å². The zero-order valence-corrected chi connectivity index (χ0v) is 5.21. The summed E-state index contributed by atoms with van der Waals surface area (Å²) in [7, 11) is 0. The van der Waals surface area contributed by atoms with Crippen molar-refractivity contribution in [2.75, 3.05) is 0 Å². The van der Waals surface area contributed by atoms with Gasteiger partial charge in [0.1, 0.15) is 0 Å². The summed E-state index contributed by atoms with van der Waals surface area (Å²) in [5.41, 5.74) is 4.03. The molecule has 0 amide bonds. The molecule has 1 rings (SSSR count). The molecule has 55 valence electrons. The van der Waals surface area contributed by atoms with Gasteiger partial charge in [-0.2, -0.15) is 14.2 Å². The predicted octanol–water partition coefficient (Wildman–Crippen LogP) is 1.06. The fourth-order valence-electron chi connectivity index (χ4n) is 0.513. The maximum absolute atomic E-state index is 11.4. The van der Waals surface area contributed by atoms with E-state index in [-0.39, 0.29) is 5.90 Å². The van der Waals surface area contributed by atoms with Gasteiger partial charge in [0.2, 0.25) is 5.90 Å². The Hall–Kier alpha value is -1.13. The van der Waals surface area contributed by atoms with E-state index in [1.165, 1.54) is 6.08 Å². The van der Waals surface area contributed by atoms with Gasteiger partial charge in [0.15, 0.2) is 0 Å². The second kappa shape index (κ2) is 2.64. The van der Waals surface area contributed by atoms with Crippen LogP contribution in [0.15, 0.2) is 16.9 Å². The fourth-order valence-corrected chi connectivity index (χ4v) is 0.513. The van der Waals surface area contributed by atoms with Gasteiger partial charge in [0.25, 0.3) is 0 Å². The first-order valence-electron chi connectivity index (χ1n) is 2.60. The van der Waals surface area contributed by atoms with Crippen molar-refractivity contribution >= 4 is 5.90 Å². The molecular formula is C5H5F2N2O. The molecule has 1 aliphatic heterocycles. The van der Waals surface area contributed by atoms with Crippen LogP contribution in [0.1, 0.15) is 6.92 Å². The maximum atomic E-state index is 11.4. The molecule has 3 nitrogen and oxygen atoms in total. The quantitative estimate of drug-likeness (QED) is 0.546. The lowest BCUT2D eigenvalue weighted by Gasteiger charge is -1.97. The first-order valence-corrected chi connectivity index (χ1v) is 2.60. The van der Waals surface area contributed by atoms with Crippen LogP contribution in [0.25, 0.3) is 0 Å². The molecule has 0 unspecified atom stereocenters. The topological polar surface area (TPSA) is 35.7 Å². The van der Waals surface area contributed by atoms with Gasteiger partial charge in [-0.15, -0.1) is 5.10 Å². The minimum Gasteiger partial charge on any atom is -0.415 e. The Morgan fingerprint density at radius 3 is 2.70 bits per heavy atom. The summed E-state index contributed by atoms with van der Waals surface area (Å²) in [5, 5.41) is 3.30. The smallest absolute Gasteiger partial charge is 0.388 e. The molecule has 0 aromatic carbocycles. The van der Waals surface area contributed by atoms with Crippen LogP contribution < -0.4 is 5.43 Å². The SMILES string of the molecule is CC1=CC(OC(F)F)=N[N]1. The molecular weight excluding hydrogens is 142 g/mol. The van der Waals surface area contributed by atoms with Crippen molar-refractivity contribution in [3.63, 3.8) is 0 Å². The molecule has 0 aromatic rings. The molecule has 0 saturated carbocycles. The molecule has 1 radical (unpaired) electrons. The fraction of sp³-hybridized carbons (Fsp3) is 0.400. The second-order valence-electron chi connectivity index (χ2n) is 1.70. The van der Waals surface area contributed by atoms with Crippen LogP contribution in [0, 0.1) is 0 Å². The predicted molar refractivity (Wildman–Crippen MR) is 30.4 cm³/mol. The van der Waals surface area contributed by atoms with E-state index >= 15 is 0 Å². The summed E-state index contributed by atoms with van der Waals surface area (Å²) in [5.74, 6) is -0.132. The molecule has 10 heavy (non-hydrogen) atoms. The number of allylic oxidation sites excluding steroid dienone is 1. The third-order valence-corrected chi connectivity index (χ3v) is 0.848. The molecule has 0 spiro atoms. The highest BCUT2D eigenvalue weighted by Gasteiger charge is 2.11. The standard InChI is InChI=1S/C5H5F2N2O/c1-3-2-4(9-8-3)10-5(6)7/h2,5H,1H3. The van der Waals surface area contributed by atoms with Crippen LogP contribution in [0.3, 0.4) is 0 Å². The highest BCUT2D eigenvalue weighted by molar-refractivity contribution is 5.89. The number of hydrogen-bond acceptors (Lipinski definition) is 2. The van der Waals surface area contributed by atoms with Gasteiger partial charge >= 0.3 is 6.61 Å². The Kier molecular flexibility index (Phi) is 1.84. The average Bonchev–Trinajstić information content (AvgIpc) is 2.13. The Labute approximate surface area is 56.4 Å². The molecule has 0 bridgehead atoms. The Morgan fingerprint density at radius 1 is 1.60 bits per heavy atom. The molecule has 1 aliphatic rings. The van der Waals surface area contributed by atoms with Crippen molar-refractivity contribution in [1.29, 1.82) is 0 Å². The van der Waals surface area contributed by atoms with Gasteiger partial charge in [-0.05, 0) is 6.92 Å². The Balaban J connectivity index is 2.44. The number of halogens is 2. The average molecular weight is 147 g/mol. The first-order chi connectivity index (χ1) is 4.68. The lowest BCUT2D eigenvalue weighted by Crippen LogP contribution is -2.04. The van der Waals surface area contributed by atoms with E-state index < -0.39 is 6.61 Å². The summed E-state index contributed by atoms with van der Waals surface area (Å²) in [4.78, 5) is 0. The van der Waals surface area contributed by atoms with Crippen molar-refractivity contribution < 1.29 is 13.5 Å². The number of nitrogens with zero attached hydrogens (tertiary/aromatic N) is 2. The molecule has 0 aromatic heterocycles. The minimum absolute atomic E-state index is 0.132. The van der Waals surface area contributed by atoms with E-state index in [1.54, 1.807) is 6.92 Å². The van der Waals surface area contributed by atoms with Crippen molar-refractivity contribution in [2.45, 2.75) is 13.5 Å². The lowest BCUT2D eigenvalue weighted by atomic mass is 10.5. The van der Waals surface area contributed by atoms with Gasteiger partial charge in [0, 0.05) is 6.08 Å². The monoisotopic (exact) mass is 147 g/mol. The summed E-state index contributed by atoms with van der Waals surface area (Å²) in [6, 6.07) is 0. The van der Waals surface area contributed by atoms with Gasteiger partial charge in [-0.3, -0.25) is 0 Å². The zero-order valence-electron chi connectivity index (χ0n) is 5.21. The number of hydrogen-bond donors (Lipinski definition) is 0. The summed E-state index contributed by atoms with van der Waals surface area (Å²) < 4.78 is 26.8. The van der Waals surface area contributed by atoms with Gasteiger partial charge in [-0.25, -0.2) is 0 Å². The zero-order chi connectivity index (χ0) is 7.56. The van der Waals surface area contributed by atoms with Crippen LogP contribution in [0.4, 0.5) is 8.78 Å². The first kappa shape index (κ1) is 6.98. The second-order valence-corrected chi connectivity index (χ2v) is 1.70. The third-order valence-electron chi connectivity index (χ3n) is 0.848. The molecule has 5 heteroatoms. The van der Waals surface area contributed by atoms with Gasteiger partial charge in [0.05, 0.1) is 5.70 Å². The highest BCUT2D eigenvalue weighted by atomic mass is 19.3. The number of ether oxygens (including phenoxy) is 1. The Morgan fingerprint density at radius 2 is 2.30 bits per heavy atom. The van der Waals surface area contributed by atoms with Crippen LogP contribution in [0.5, 0.6) is 0 Å². The van der Waals surface area contributed by atoms with E-state index in [0.29, 0.717) is 5.70 Å². The third kappa shape index (κ3) is 1.68. The largest absolute Gasteiger partial charge is 0.415 e. The van der Waals surface area contributed by atoms with E-state index in [4.69, 9.17) is 0 Å². The van der Waals surface area contributed by atoms with Crippen LogP contribution >= 0.6 is 0 Å². The summed E-state index contributed by atoms with van der Waals surface area (Å²) >= 11 is 0. The molecule has 0 fully saturated rings. The maximum Gasteiger partial charge on any atom is 0.388 e. The normalized spacial score (nSPS) is 16.4. The lowest BCUT2D eigenvalue weighted by molar-refractivity contribution is -0.0593. The van der Waals surface area contributed by atoms with E-state index in [2.05, 4.69) is 15.3 Å². The minimum atomic E-state index is -2.82. The Bertz CT molecular complexity index is 188. The molecule has 0 N–H and O–H groups in total. The number of alkyl halides is 2. The van der Waals surface area contributed by atoms with Crippen LogP contribution in [-0.2, 0) is 4.74 Å². The van der Waals surface area contributed by atoms with E-state index in [1.807, 2.05) is 0 Å². The molecule has 0 saturated heterocycles. The molecule has 0 aliphatic carbocycles. The molecule has 1 heterocycles. The van der Waals surface area contributed by atoms with Crippen molar-refractivity contribution in [2.24, 2.45) is 5.10 Å². The van der Waals surface area contributed by atoms with Crippen molar-refractivity contribution in [3.05, 3.63) is 11.8 Å². The van der Waals surface area contributed by atoms with Crippen LogP contribution in [-0.4, -0.2) is 12.5 Å². The summed E-state index contributed by atoms with van der Waals surface area (Å²) in [6.07, 6.45) is 1.34. The van der Waals surface area contributed by atoms with Crippen LogP contribution in [0.2, 0.25) is 0 Å².